The second kappa shape index (κ2) is 7.41. The summed E-state index contributed by atoms with van der Waals surface area (Å²) in [6.45, 7) is 2.98. The van der Waals surface area contributed by atoms with E-state index in [1.54, 1.807) is 6.07 Å². The van der Waals surface area contributed by atoms with Gasteiger partial charge in [0.15, 0.2) is 0 Å². The second-order valence-corrected chi connectivity index (χ2v) is 6.29. The third kappa shape index (κ3) is 4.17. The zero-order valence-electron chi connectivity index (χ0n) is 12.2. The maximum Gasteiger partial charge on any atom is 0.328 e. The number of rotatable bonds is 5. The number of carboxylic acid groups (broad SMARTS) is 1. The first-order valence-corrected chi connectivity index (χ1v) is 8.30. The van der Waals surface area contributed by atoms with Crippen molar-refractivity contribution in [2.45, 2.75) is 45.1 Å². The van der Waals surface area contributed by atoms with Gasteiger partial charge in [-0.05, 0) is 37.8 Å². The summed E-state index contributed by atoms with van der Waals surface area (Å²) < 4.78 is 0. The number of amides is 1. The quantitative estimate of drug-likeness (QED) is 0.845. The lowest BCUT2D eigenvalue weighted by Crippen LogP contribution is -2.43. The molecule has 4 nitrogen and oxygen atoms in total. The monoisotopic (exact) mass is 307 g/mol. The fourth-order valence-corrected chi connectivity index (χ4v) is 3.55. The molecule has 0 bridgehead atoms. The standard InChI is InChI=1S/C16H21NO3S/c1-2-5-13-6-3-4-9-17(13)16(20)12-10-14(21-11-12)7-8-15(18)19/h7-8,10-11,13H,2-6,9H2,1H3,(H,18,19)/b8-7+. The minimum absolute atomic E-state index is 0.0828. The lowest BCUT2D eigenvalue weighted by atomic mass is 9.97. The molecule has 0 saturated carbocycles. The molecule has 2 heterocycles. The molecule has 5 heteroatoms. The molecule has 1 aromatic heterocycles. The highest BCUT2D eigenvalue weighted by atomic mass is 32.1. The third-order valence-corrected chi connectivity index (χ3v) is 4.66. The number of nitrogens with zero attached hydrogens (tertiary/aromatic N) is 1. The summed E-state index contributed by atoms with van der Waals surface area (Å²) in [5.41, 5.74) is 0.674. The predicted molar refractivity (Wildman–Crippen MR) is 84.6 cm³/mol. The average molecular weight is 307 g/mol. The Hall–Kier alpha value is -1.62. The van der Waals surface area contributed by atoms with Crippen LogP contribution in [0.15, 0.2) is 17.5 Å². The van der Waals surface area contributed by atoms with Crippen LogP contribution in [0.2, 0.25) is 0 Å². The highest BCUT2D eigenvalue weighted by Gasteiger charge is 2.27. The summed E-state index contributed by atoms with van der Waals surface area (Å²) >= 11 is 1.40. The minimum Gasteiger partial charge on any atom is -0.478 e. The number of hydrogen-bond acceptors (Lipinski definition) is 3. The van der Waals surface area contributed by atoms with E-state index in [0.717, 1.165) is 43.2 Å². The van der Waals surface area contributed by atoms with Crippen LogP contribution in [0, 0.1) is 0 Å². The van der Waals surface area contributed by atoms with E-state index in [1.807, 2.05) is 10.3 Å². The number of piperidine rings is 1. The first-order chi connectivity index (χ1) is 10.1. The number of carbonyl (C=O) groups excluding carboxylic acids is 1. The number of hydrogen-bond donors (Lipinski definition) is 1. The van der Waals surface area contributed by atoms with Crippen LogP contribution in [0.25, 0.3) is 6.08 Å². The molecule has 1 amide bonds. The van der Waals surface area contributed by atoms with Gasteiger partial charge in [0.1, 0.15) is 0 Å². The smallest absolute Gasteiger partial charge is 0.328 e. The summed E-state index contributed by atoms with van der Waals surface area (Å²) in [6.07, 6.45) is 8.14. The Morgan fingerprint density at radius 3 is 3.00 bits per heavy atom. The molecule has 1 aliphatic heterocycles. The summed E-state index contributed by atoms with van der Waals surface area (Å²) in [5, 5.41) is 10.5. The second-order valence-electron chi connectivity index (χ2n) is 5.35. The Bertz CT molecular complexity index is 533. The van der Waals surface area contributed by atoms with Crippen molar-refractivity contribution in [2.75, 3.05) is 6.54 Å². The molecule has 0 aliphatic carbocycles. The van der Waals surface area contributed by atoms with E-state index in [4.69, 9.17) is 5.11 Å². The van der Waals surface area contributed by atoms with Gasteiger partial charge in [0.25, 0.3) is 5.91 Å². The van der Waals surface area contributed by atoms with Crippen LogP contribution in [-0.2, 0) is 4.79 Å². The van der Waals surface area contributed by atoms with Crippen LogP contribution in [-0.4, -0.2) is 34.5 Å². The highest BCUT2D eigenvalue weighted by molar-refractivity contribution is 7.11. The molecule has 0 spiro atoms. The fraction of sp³-hybridized carbons (Fsp3) is 0.500. The van der Waals surface area contributed by atoms with Crippen molar-refractivity contribution in [3.05, 3.63) is 28.0 Å². The summed E-state index contributed by atoms with van der Waals surface area (Å²) in [5.74, 6) is -0.894. The van der Waals surface area contributed by atoms with Crippen molar-refractivity contribution in [1.82, 2.24) is 4.90 Å². The van der Waals surface area contributed by atoms with Gasteiger partial charge in [0, 0.05) is 28.9 Å². The van der Waals surface area contributed by atoms with Crippen LogP contribution in [0.3, 0.4) is 0 Å². The summed E-state index contributed by atoms with van der Waals surface area (Å²) in [4.78, 5) is 25.9. The molecule has 1 atom stereocenters. The molecule has 21 heavy (non-hydrogen) atoms. The van der Waals surface area contributed by atoms with Gasteiger partial charge in [-0.15, -0.1) is 11.3 Å². The molecule has 1 N–H and O–H groups in total. The first-order valence-electron chi connectivity index (χ1n) is 7.42. The SMILES string of the molecule is CCCC1CCCCN1C(=O)c1csc(/C=C/C(=O)O)c1. The fourth-order valence-electron chi connectivity index (χ4n) is 2.77. The molecular weight excluding hydrogens is 286 g/mol. The van der Waals surface area contributed by atoms with Crippen molar-refractivity contribution in [3.8, 4) is 0 Å². The topological polar surface area (TPSA) is 57.6 Å². The van der Waals surface area contributed by atoms with Crippen molar-refractivity contribution < 1.29 is 14.7 Å². The van der Waals surface area contributed by atoms with Gasteiger partial charge in [-0.3, -0.25) is 4.79 Å². The maximum absolute atomic E-state index is 12.6. The normalized spacial score (nSPS) is 19.1. The van der Waals surface area contributed by atoms with Crippen LogP contribution in [0.1, 0.15) is 54.3 Å². The number of carboxylic acids is 1. The molecule has 0 aromatic carbocycles. The van der Waals surface area contributed by atoms with Crippen molar-refractivity contribution in [1.29, 1.82) is 0 Å². The Kier molecular flexibility index (Phi) is 5.56. The van der Waals surface area contributed by atoms with Crippen LogP contribution in [0.4, 0.5) is 0 Å². The molecule has 1 saturated heterocycles. The molecule has 0 radical (unpaired) electrons. The van der Waals surface area contributed by atoms with Crippen LogP contribution >= 0.6 is 11.3 Å². The summed E-state index contributed by atoms with van der Waals surface area (Å²) in [7, 11) is 0. The summed E-state index contributed by atoms with van der Waals surface area (Å²) in [6, 6.07) is 2.14. The van der Waals surface area contributed by atoms with Gasteiger partial charge < -0.3 is 10.0 Å². The lowest BCUT2D eigenvalue weighted by molar-refractivity contribution is -0.131. The van der Waals surface area contributed by atoms with Crippen LogP contribution < -0.4 is 0 Å². The van der Waals surface area contributed by atoms with Gasteiger partial charge in [-0.1, -0.05) is 13.3 Å². The van der Waals surface area contributed by atoms with E-state index < -0.39 is 5.97 Å². The van der Waals surface area contributed by atoms with Gasteiger partial charge in [0.2, 0.25) is 0 Å². The van der Waals surface area contributed by atoms with E-state index in [1.165, 1.54) is 23.8 Å². The van der Waals surface area contributed by atoms with Crippen LogP contribution in [0.5, 0.6) is 0 Å². The molecule has 1 unspecified atom stereocenters. The third-order valence-electron chi connectivity index (χ3n) is 3.77. The van der Waals surface area contributed by atoms with E-state index >= 15 is 0 Å². The van der Waals surface area contributed by atoms with Gasteiger partial charge >= 0.3 is 5.97 Å². The molecule has 1 aliphatic rings. The maximum atomic E-state index is 12.6. The Balaban J connectivity index is 2.09. The van der Waals surface area contributed by atoms with Crippen molar-refractivity contribution in [2.24, 2.45) is 0 Å². The molecule has 1 fully saturated rings. The molecular formula is C16H21NO3S. The minimum atomic E-state index is -0.977. The molecule has 114 valence electrons. The Morgan fingerprint density at radius 2 is 2.29 bits per heavy atom. The zero-order chi connectivity index (χ0) is 15.2. The largest absolute Gasteiger partial charge is 0.478 e. The number of thiophene rings is 1. The Morgan fingerprint density at radius 1 is 1.48 bits per heavy atom. The highest BCUT2D eigenvalue weighted by Crippen LogP contribution is 2.25. The average Bonchev–Trinajstić information content (AvgIpc) is 2.94. The van der Waals surface area contributed by atoms with E-state index in [0.29, 0.717) is 11.6 Å². The predicted octanol–water partition coefficient (Wildman–Crippen LogP) is 3.64. The van der Waals surface area contributed by atoms with Crippen molar-refractivity contribution >= 4 is 29.3 Å². The number of aliphatic carboxylic acids is 1. The van der Waals surface area contributed by atoms with Gasteiger partial charge in [-0.25, -0.2) is 4.79 Å². The van der Waals surface area contributed by atoms with Gasteiger partial charge in [-0.2, -0.15) is 0 Å². The van der Waals surface area contributed by atoms with E-state index in [9.17, 15) is 9.59 Å². The van der Waals surface area contributed by atoms with Crippen molar-refractivity contribution in [3.63, 3.8) is 0 Å². The van der Waals surface area contributed by atoms with E-state index in [2.05, 4.69) is 6.92 Å². The zero-order valence-corrected chi connectivity index (χ0v) is 13.1. The number of carbonyl (C=O) groups is 2. The lowest BCUT2D eigenvalue weighted by Gasteiger charge is -2.35. The molecule has 2 rings (SSSR count). The molecule has 1 aromatic rings. The Labute approximate surface area is 129 Å². The van der Waals surface area contributed by atoms with Gasteiger partial charge in [0.05, 0.1) is 5.56 Å². The number of likely N-dealkylation sites (tertiary alicyclic amines) is 1. The van der Waals surface area contributed by atoms with E-state index in [-0.39, 0.29) is 5.91 Å². The first kappa shape index (κ1) is 15.8.